The molecule has 0 aliphatic heterocycles. The van der Waals surface area contributed by atoms with Crippen LogP contribution in [0.5, 0.6) is 0 Å². The van der Waals surface area contributed by atoms with Gasteiger partial charge in [-0.1, -0.05) is 0 Å². The molecule has 1 unspecified atom stereocenters. The summed E-state index contributed by atoms with van der Waals surface area (Å²) in [5.74, 6) is -2.43. The molecule has 0 aromatic heterocycles. The van der Waals surface area contributed by atoms with Gasteiger partial charge in [0.25, 0.3) is 0 Å². The quantitative estimate of drug-likeness (QED) is 0.265. The standard InChI is InChI=1S/C6H10O6.C3H9N3/c7-1-2-12-4(6(10)11)3-5(8)9;1-2-6-3(4)5/h4,7H,1-3H2,(H,8,9)(H,10,11);2H2,1H3,(H4,4,5,6). The van der Waals surface area contributed by atoms with Crippen molar-refractivity contribution in [3.8, 4) is 0 Å². The normalized spacial score (nSPS) is 10.8. The zero-order chi connectivity index (χ0) is 14.6. The number of guanidine groups is 1. The minimum atomic E-state index is -1.38. The number of aliphatic hydroxyl groups excluding tert-OH is 1. The smallest absolute Gasteiger partial charge is 0.333 e. The van der Waals surface area contributed by atoms with Crippen LogP contribution in [-0.2, 0) is 14.3 Å². The fourth-order valence-electron chi connectivity index (χ4n) is 0.754. The first-order valence-corrected chi connectivity index (χ1v) is 5.07. The summed E-state index contributed by atoms with van der Waals surface area (Å²) in [5, 5.41) is 24.9. The van der Waals surface area contributed by atoms with E-state index >= 15 is 0 Å². The average molecular weight is 265 g/mol. The first-order chi connectivity index (χ1) is 8.34. The molecule has 1 atom stereocenters. The van der Waals surface area contributed by atoms with Gasteiger partial charge in [-0.3, -0.25) is 9.79 Å². The van der Waals surface area contributed by atoms with Crippen molar-refractivity contribution >= 4 is 17.9 Å². The number of nitrogens with two attached hydrogens (primary N) is 2. The van der Waals surface area contributed by atoms with E-state index in [4.69, 9.17) is 26.8 Å². The topological polar surface area (TPSA) is 168 Å². The van der Waals surface area contributed by atoms with Gasteiger partial charge in [-0.2, -0.15) is 0 Å². The zero-order valence-electron chi connectivity index (χ0n) is 10.1. The highest BCUT2D eigenvalue weighted by Gasteiger charge is 2.20. The van der Waals surface area contributed by atoms with Crippen LogP contribution in [0.15, 0.2) is 4.99 Å². The molecule has 106 valence electrons. The molecule has 0 heterocycles. The summed E-state index contributed by atoms with van der Waals surface area (Å²) in [6.07, 6.45) is -1.98. The fourth-order valence-corrected chi connectivity index (χ4v) is 0.754. The Morgan fingerprint density at radius 3 is 2.11 bits per heavy atom. The number of aliphatic hydroxyl groups is 1. The van der Waals surface area contributed by atoms with Gasteiger partial charge in [0, 0.05) is 6.54 Å². The Hall–Kier alpha value is -1.87. The number of carboxylic acids is 2. The number of rotatable bonds is 7. The van der Waals surface area contributed by atoms with E-state index in [0.29, 0.717) is 6.54 Å². The molecule has 0 rings (SSSR count). The minimum Gasteiger partial charge on any atom is -0.481 e. The van der Waals surface area contributed by atoms with Crippen molar-refractivity contribution in [2.75, 3.05) is 19.8 Å². The maximum absolute atomic E-state index is 10.3. The molecular formula is C9H19N3O6. The van der Waals surface area contributed by atoms with E-state index in [2.05, 4.69) is 9.73 Å². The molecule has 9 heteroatoms. The van der Waals surface area contributed by atoms with Gasteiger partial charge in [-0.25, -0.2) is 4.79 Å². The van der Waals surface area contributed by atoms with E-state index in [0.717, 1.165) is 0 Å². The second kappa shape index (κ2) is 11.6. The van der Waals surface area contributed by atoms with Gasteiger partial charge >= 0.3 is 11.9 Å². The van der Waals surface area contributed by atoms with Crippen LogP contribution in [0.1, 0.15) is 13.3 Å². The van der Waals surface area contributed by atoms with Crippen LogP contribution in [0, 0.1) is 0 Å². The molecule has 0 aromatic rings. The average Bonchev–Trinajstić information content (AvgIpc) is 2.24. The number of hydrogen-bond acceptors (Lipinski definition) is 5. The van der Waals surface area contributed by atoms with E-state index in [-0.39, 0.29) is 19.2 Å². The van der Waals surface area contributed by atoms with Crippen LogP contribution in [0.25, 0.3) is 0 Å². The lowest BCUT2D eigenvalue weighted by Crippen LogP contribution is -2.27. The molecule has 18 heavy (non-hydrogen) atoms. The lowest BCUT2D eigenvalue weighted by molar-refractivity contribution is -0.157. The third kappa shape index (κ3) is 14.1. The van der Waals surface area contributed by atoms with E-state index in [1.165, 1.54) is 0 Å². The maximum atomic E-state index is 10.3. The molecular weight excluding hydrogens is 246 g/mol. The van der Waals surface area contributed by atoms with Gasteiger partial charge in [0.1, 0.15) is 0 Å². The molecule has 0 spiro atoms. The van der Waals surface area contributed by atoms with Crippen molar-refractivity contribution in [3.05, 3.63) is 0 Å². The highest BCUT2D eigenvalue weighted by molar-refractivity contribution is 5.79. The van der Waals surface area contributed by atoms with E-state index in [1.807, 2.05) is 6.92 Å². The Morgan fingerprint density at radius 2 is 1.89 bits per heavy atom. The van der Waals surface area contributed by atoms with Gasteiger partial charge in [0.2, 0.25) is 0 Å². The van der Waals surface area contributed by atoms with Crippen LogP contribution < -0.4 is 11.5 Å². The van der Waals surface area contributed by atoms with Gasteiger partial charge in [-0.05, 0) is 6.92 Å². The third-order valence-electron chi connectivity index (χ3n) is 1.39. The first kappa shape index (κ1) is 18.5. The van der Waals surface area contributed by atoms with Crippen molar-refractivity contribution in [1.82, 2.24) is 0 Å². The number of carboxylic acid groups (broad SMARTS) is 2. The van der Waals surface area contributed by atoms with E-state index < -0.39 is 24.5 Å². The Morgan fingerprint density at radius 1 is 1.33 bits per heavy atom. The van der Waals surface area contributed by atoms with Crippen LogP contribution in [-0.4, -0.2) is 59.1 Å². The maximum Gasteiger partial charge on any atom is 0.333 e. The van der Waals surface area contributed by atoms with E-state index in [9.17, 15) is 9.59 Å². The van der Waals surface area contributed by atoms with Crippen LogP contribution >= 0.6 is 0 Å². The number of carbonyl (C=O) groups is 2. The Labute approximate surface area is 104 Å². The lowest BCUT2D eigenvalue weighted by atomic mass is 10.2. The first-order valence-electron chi connectivity index (χ1n) is 5.07. The van der Waals surface area contributed by atoms with Crippen molar-refractivity contribution in [1.29, 1.82) is 0 Å². The predicted octanol–water partition coefficient (Wildman–Crippen LogP) is -1.80. The largest absolute Gasteiger partial charge is 0.481 e. The van der Waals surface area contributed by atoms with Crippen molar-refractivity contribution < 1.29 is 29.6 Å². The summed E-state index contributed by atoms with van der Waals surface area (Å²) in [6.45, 7) is 2.04. The molecule has 0 amide bonds. The summed E-state index contributed by atoms with van der Waals surface area (Å²) in [7, 11) is 0. The third-order valence-corrected chi connectivity index (χ3v) is 1.39. The van der Waals surface area contributed by atoms with Crippen molar-refractivity contribution in [2.24, 2.45) is 16.5 Å². The molecule has 0 radical (unpaired) electrons. The van der Waals surface area contributed by atoms with Gasteiger partial charge in [0.05, 0.1) is 19.6 Å². The fraction of sp³-hybridized carbons (Fsp3) is 0.667. The number of hydrogen-bond donors (Lipinski definition) is 5. The molecule has 0 fully saturated rings. The summed E-state index contributed by atoms with van der Waals surface area (Å²) < 4.78 is 4.53. The SMILES string of the molecule is CCN=C(N)N.O=C(O)CC(OCCO)C(=O)O. The molecule has 9 nitrogen and oxygen atoms in total. The van der Waals surface area contributed by atoms with Gasteiger partial charge in [-0.15, -0.1) is 0 Å². The summed E-state index contributed by atoms with van der Waals surface area (Å²) in [5.41, 5.74) is 9.86. The summed E-state index contributed by atoms with van der Waals surface area (Å²) in [6, 6.07) is 0. The highest BCUT2D eigenvalue weighted by Crippen LogP contribution is 1.98. The molecule has 0 bridgehead atoms. The van der Waals surface area contributed by atoms with Gasteiger partial charge < -0.3 is 31.5 Å². The van der Waals surface area contributed by atoms with Crippen LogP contribution in [0.3, 0.4) is 0 Å². The molecule has 0 aromatic carbocycles. The molecule has 0 aliphatic rings. The number of ether oxygens (including phenoxy) is 1. The predicted molar refractivity (Wildman–Crippen MR) is 63.1 cm³/mol. The number of aliphatic carboxylic acids is 2. The Bertz CT molecular complexity index is 277. The lowest BCUT2D eigenvalue weighted by Gasteiger charge is -2.09. The Kier molecular flexibility index (Phi) is 11.9. The highest BCUT2D eigenvalue weighted by atomic mass is 16.5. The zero-order valence-corrected chi connectivity index (χ0v) is 10.1. The van der Waals surface area contributed by atoms with Crippen LogP contribution in [0.4, 0.5) is 0 Å². The van der Waals surface area contributed by atoms with Gasteiger partial charge in [0.15, 0.2) is 12.1 Å². The Balaban J connectivity index is 0. The second-order valence-electron chi connectivity index (χ2n) is 2.92. The molecule has 0 saturated heterocycles. The number of nitrogens with zero attached hydrogens (tertiary/aromatic N) is 1. The molecule has 7 N–H and O–H groups in total. The minimum absolute atomic E-state index is 0.164. The monoisotopic (exact) mass is 265 g/mol. The summed E-state index contributed by atoms with van der Waals surface area (Å²) in [4.78, 5) is 23.9. The van der Waals surface area contributed by atoms with Crippen molar-refractivity contribution in [2.45, 2.75) is 19.4 Å². The second-order valence-corrected chi connectivity index (χ2v) is 2.92. The molecule has 0 aliphatic carbocycles. The molecule has 0 saturated carbocycles. The number of aliphatic imine (C=N–C) groups is 1. The summed E-state index contributed by atoms with van der Waals surface area (Å²) >= 11 is 0. The van der Waals surface area contributed by atoms with Crippen molar-refractivity contribution in [3.63, 3.8) is 0 Å². The van der Waals surface area contributed by atoms with Crippen LogP contribution in [0.2, 0.25) is 0 Å². The van der Waals surface area contributed by atoms with E-state index in [1.54, 1.807) is 0 Å².